The number of halogens is 1. The van der Waals surface area contributed by atoms with Crippen molar-refractivity contribution in [3.8, 4) is 35.4 Å². The first-order valence-corrected chi connectivity index (χ1v) is 16.1. The zero-order chi connectivity index (χ0) is 30.3. The van der Waals surface area contributed by atoms with Gasteiger partial charge in [0.1, 0.15) is 29.4 Å². The molecule has 2 aromatic carbocycles. The topological polar surface area (TPSA) is 95.9 Å². The van der Waals surface area contributed by atoms with Crippen LogP contribution in [0.4, 0.5) is 10.2 Å². The number of rotatable bonds is 5. The monoisotopic (exact) mass is 606 g/mol. The Hall–Kier alpha value is -4.04. The second kappa shape index (κ2) is 10.2. The number of nitrogens with zero attached hydrogens (tertiary/aromatic N) is 5. The molecule has 10 heteroatoms. The summed E-state index contributed by atoms with van der Waals surface area (Å²) in [6.45, 7) is 3.84. The Bertz CT molecular complexity index is 1880. The van der Waals surface area contributed by atoms with Crippen LogP contribution >= 0.6 is 0 Å². The maximum Gasteiger partial charge on any atom is 0.319 e. The van der Waals surface area contributed by atoms with E-state index in [0.717, 1.165) is 64.8 Å². The van der Waals surface area contributed by atoms with E-state index in [4.69, 9.17) is 25.9 Å². The summed E-state index contributed by atoms with van der Waals surface area (Å²) >= 11 is 0. The Morgan fingerprint density at radius 2 is 2.04 bits per heavy atom. The van der Waals surface area contributed by atoms with Crippen LogP contribution < -0.4 is 15.0 Å². The maximum absolute atomic E-state index is 16.9. The van der Waals surface area contributed by atoms with Gasteiger partial charge < -0.3 is 24.8 Å². The van der Waals surface area contributed by atoms with Crippen LogP contribution in [-0.4, -0.2) is 87.6 Å². The Kier molecular flexibility index (Phi) is 6.21. The molecule has 5 saturated heterocycles. The van der Waals surface area contributed by atoms with Gasteiger partial charge in [0.15, 0.2) is 5.82 Å². The lowest BCUT2D eigenvalue weighted by molar-refractivity contribution is 0.0764. The van der Waals surface area contributed by atoms with Crippen molar-refractivity contribution in [1.29, 1.82) is 0 Å². The molecule has 5 unspecified atom stereocenters. The first-order chi connectivity index (χ1) is 22.0. The first kappa shape index (κ1) is 27.3. The quantitative estimate of drug-likeness (QED) is 0.321. The van der Waals surface area contributed by atoms with Crippen molar-refractivity contribution in [2.24, 2.45) is 0 Å². The van der Waals surface area contributed by atoms with E-state index >= 15 is 4.39 Å². The van der Waals surface area contributed by atoms with Crippen LogP contribution in [0.3, 0.4) is 0 Å². The highest BCUT2D eigenvalue weighted by Crippen LogP contribution is 2.47. The van der Waals surface area contributed by atoms with E-state index in [2.05, 4.69) is 26.0 Å². The van der Waals surface area contributed by atoms with E-state index < -0.39 is 5.82 Å². The van der Waals surface area contributed by atoms with E-state index in [1.165, 1.54) is 6.07 Å². The van der Waals surface area contributed by atoms with Gasteiger partial charge in [-0.1, -0.05) is 18.1 Å². The summed E-state index contributed by atoms with van der Waals surface area (Å²) in [6, 6.07) is 9.94. The van der Waals surface area contributed by atoms with Crippen molar-refractivity contribution in [1.82, 2.24) is 25.2 Å². The van der Waals surface area contributed by atoms with E-state index in [1.54, 1.807) is 18.3 Å². The molecule has 5 aliphatic heterocycles. The van der Waals surface area contributed by atoms with Gasteiger partial charge >= 0.3 is 6.01 Å². The zero-order valence-electron chi connectivity index (χ0n) is 25.0. The van der Waals surface area contributed by atoms with Crippen LogP contribution in [0.15, 0.2) is 36.5 Å². The second-order valence-electron chi connectivity index (χ2n) is 13.4. The molecule has 0 aliphatic carbocycles. The zero-order valence-corrected chi connectivity index (χ0v) is 25.0. The van der Waals surface area contributed by atoms with Gasteiger partial charge in [-0.15, -0.1) is 6.42 Å². The number of aromatic nitrogens is 3. The molecule has 5 fully saturated rings. The van der Waals surface area contributed by atoms with Crippen molar-refractivity contribution in [3.05, 3.63) is 47.9 Å². The number of pyridine rings is 1. The molecule has 0 amide bonds. The number of phenols is 1. The van der Waals surface area contributed by atoms with Gasteiger partial charge in [-0.3, -0.25) is 9.88 Å². The molecule has 7 heterocycles. The fourth-order valence-corrected chi connectivity index (χ4v) is 8.88. The molecule has 5 aliphatic rings. The molecule has 45 heavy (non-hydrogen) atoms. The summed E-state index contributed by atoms with van der Waals surface area (Å²) < 4.78 is 29.4. The minimum atomic E-state index is -0.595. The fourth-order valence-electron chi connectivity index (χ4n) is 8.88. The fraction of sp³-hybridized carbons (Fsp3) is 0.457. The molecular weight excluding hydrogens is 571 g/mol. The van der Waals surface area contributed by atoms with Crippen LogP contribution in [0.25, 0.3) is 32.9 Å². The van der Waals surface area contributed by atoms with Crippen molar-refractivity contribution >= 4 is 27.5 Å². The van der Waals surface area contributed by atoms with Gasteiger partial charge in [0.2, 0.25) is 0 Å². The largest absolute Gasteiger partial charge is 0.508 e. The van der Waals surface area contributed by atoms with Crippen LogP contribution in [0.1, 0.15) is 44.1 Å². The predicted molar refractivity (Wildman–Crippen MR) is 169 cm³/mol. The van der Waals surface area contributed by atoms with E-state index in [9.17, 15) is 5.11 Å². The highest BCUT2D eigenvalue weighted by Gasteiger charge is 2.56. The van der Waals surface area contributed by atoms with Gasteiger partial charge in [-0.2, -0.15) is 9.97 Å². The number of terminal acetylenes is 1. The summed E-state index contributed by atoms with van der Waals surface area (Å²) in [7, 11) is 0. The van der Waals surface area contributed by atoms with E-state index in [1.807, 2.05) is 12.1 Å². The van der Waals surface area contributed by atoms with Crippen molar-refractivity contribution in [2.75, 3.05) is 37.7 Å². The number of nitrogens with one attached hydrogen (secondary N) is 1. The average molecular weight is 607 g/mol. The Balaban J connectivity index is 1.16. The minimum absolute atomic E-state index is 0.00217. The van der Waals surface area contributed by atoms with Gasteiger partial charge in [-0.05, 0) is 68.7 Å². The minimum Gasteiger partial charge on any atom is -0.508 e. The smallest absolute Gasteiger partial charge is 0.319 e. The first-order valence-electron chi connectivity index (χ1n) is 16.1. The van der Waals surface area contributed by atoms with Crippen LogP contribution in [0.5, 0.6) is 11.8 Å². The Morgan fingerprint density at radius 3 is 2.89 bits per heavy atom. The van der Waals surface area contributed by atoms with Crippen LogP contribution in [0, 0.1) is 18.2 Å². The van der Waals surface area contributed by atoms with Gasteiger partial charge in [0, 0.05) is 60.5 Å². The number of benzene rings is 2. The molecule has 9 nitrogen and oxygen atoms in total. The predicted octanol–water partition coefficient (Wildman–Crippen LogP) is 4.39. The molecule has 0 saturated carbocycles. The second-order valence-corrected chi connectivity index (χ2v) is 13.4. The molecule has 2 aromatic heterocycles. The number of piperazine rings is 1. The molecule has 0 spiro atoms. The van der Waals surface area contributed by atoms with Crippen LogP contribution in [-0.2, 0) is 4.74 Å². The third-order valence-corrected chi connectivity index (χ3v) is 10.8. The van der Waals surface area contributed by atoms with Crippen molar-refractivity contribution in [3.63, 3.8) is 0 Å². The Morgan fingerprint density at radius 1 is 1.18 bits per heavy atom. The number of hydrogen-bond donors (Lipinski definition) is 2. The number of anilines is 1. The molecule has 2 bridgehead atoms. The lowest BCUT2D eigenvalue weighted by atomic mass is 9.94. The standard InChI is InChI=1S/C35H35FN6O3/c1-2-20-5-3-6-21-13-24(43)14-25(29(20)21)31-30(36)32-26(16-37-31)33(41-17-22-7-8-23(18-41)38-22)40-34(39-32)45-19-35-10-4-11-42(35)27-9-12-44-28(27)15-35/h1,3,5-6,13-14,16,22-23,27-28,38,43H,4,7-12,15,17-19H2. The van der Waals surface area contributed by atoms with Crippen LogP contribution in [0.2, 0.25) is 0 Å². The van der Waals surface area contributed by atoms with E-state index in [-0.39, 0.29) is 34.6 Å². The number of hydrogen-bond acceptors (Lipinski definition) is 9. The third kappa shape index (κ3) is 4.28. The SMILES string of the molecule is C#Cc1cccc2cc(O)cc(-c3ncc4c(N5CC6CCC(C5)N6)nc(OCC56CCCN5C5CCOC5C6)nc4c3F)c12. The Labute approximate surface area is 260 Å². The number of phenolic OH excluding ortho intramolecular Hbond substituents is 1. The maximum atomic E-state index is 16.9. The number of aromatic hydroxyl groups is 1. The number of ether oxygens (including phenoxy) is 2. The van der Waals surface area contributed by atoms with Crippen molar-refractivity contribution in [2.45, 2.75) is 68.3 Å². The number of fused-ring (bicyclic) bond motifs is 7. The van der Waals surface area contributed by atoms with Gasteiger partial charge in [-0.25, -0.2) is 4.39 Å². The van der Waals surface area contributed by atoms with Crippen molar-refractivity contribution < 1.29 is 19.0 Å². The molecular formula is C35H35FN6O3. The van der Waals surface area contributed by atoms with Gasteiger partial charge in [0.25, 0.3) is 0 Å². The van der Waals surface area contributed by atoms with Gasteiger partial charge in [0.05, 0.1) is 17.0 Å². The summed E-state index contributed by atoms with van der Waals surface area (Å²) in [4.78, 5) is 19.1. The molecule has 230 valence electrons. The summed E-state index contributed by atoms with van der Waals surface area (Å²) in [5.74, 6) is 2.75. The average Bonchev–Trinajstić information content (AvgIpc) is 3.81. The molecule has 5 atom stereocenters. The van der Waals surface area contributed by atoms with E-state index in [0.29, 0.717) is 57.8 Å². The summed E-state index contributed by atoms with van der Waals surface area (Å²) in [6.07, 6.45) is 14.1. The lowest BCUT2D eigenvalue weighted by Gasteiger charge is -2.35. The summed E-state index contributed by atoms with van der Waals surface area (Å²) in [5.41, 5.74) is 1.12. The normalized spacial score (nSPS) is 28.9. The molecule has 0 radical (unpaired) electrons. The highest BCUT2D eigenvalue weighted by molar-refractivity contribution is 6.02. The molecule has 9 rings (SSSR count). The summed E-state index contributed by atoms with van der Waals surface area (Å²) in [5, 5.41) is 16.2. The molecule has 2 N–H and O–H groups in total. The lowest BCUT2D eigenvalue weighted by Crippen LogP contribution is -2.51. The molecule has 4 aromatic rings. The highest BCUT2D eigenvalue weighted by atomic mass is 19.1. The third-order valence-electron chi connectivity index (χ3n) is 10.8.